The minimum Gasteiger partial charge on any atom is -0.269 e. The minimum absolute atomic E-state index is 0.157. The normalized spacial score (nSPS) is 12.8. The monoisotopic (exact) mass is 258 g/mol. The number of fused-ring (bicyclic) bond motifs is 1. The van der Waals surface area contributed by atoms with Crippen molar-refractivity contribution in [2.75, 3.05) is 0 Å². The van der Waals surface area contributed by atoms with Gasteiger partial charge in [-0.25, -0.2) is 4.98 Å². The van der Waals surface area contributed by atoms with Crippen LogP contribution in [0.3, 0.4) is 0 Å². The third-order valence-corrected chi connectivity index (χ3v) is 3.19. The maximum atomic E-state index is 5.83. The van der Waals surface area contributed by atoms with Gasteiger partial charge in [0.05, 0.1) is 0 Å². The molecule has 0 N–H and O–H groups in total. The predicted molar refractivity (Wildman–Crippen MR) is 69.8 cm³/mol. The molecule has 3 rings (SSSR count). The molecule has 1 atom stereocenters. The van der Waals surface area contributed by atoms with Crippen LogP contribution in [-0.2, 0) is 0 Å². The first-order valence-electron chi connectivity index (χ1n) is 5.67. The molecular weight excluding hydrogens is 248 g/mol. The van der Waals surface area contributed by atoms with Gasteiger partial charge in [-0.05, 0) is 5.56 Å². The van der Waals surface area contributed by atoms with Crippen LogP contribution < -0.4 is 0 Å². The molecule has 2 aromatic heterocycles. The summed E-state index contributed by atoms with van der Waals surface area (Å²) in [4.78, 5) is 4.06. The summed E-state index contributed by atoms with van der Waals surface area (Å²) < 4.78 is 1.86. The molecular formula is C13H11ClN4. The average Bonchev–Trinajstić information content (AvgIpc) is 2.81. The lowest BCUT2D eigenvalue weighted by atomic mass is 10.0. The molecule has 0 aliphatic rings. The number of hydrogen-bond donors (Lipinski definition) is 0. The molecule has 1 unspecified atom stereocenters. The Morgan fingerprint density at radius 1 is 1.17 bits per heavy atom. The molecule has 0 bridgehead atoms. The van der Waals surface area contributed by atoms with Crippen LogP contribution in [0.15, 0.2) is 42.7 Å². The van der Waals surface area contributed by atoms with E-state index in [0.29, 0.717) is 10.8 Å². The van der Waals surface area contributed by atoms with Crippen LogP contribution in [-0.4, -0.2) is 19.6 Å². The van der Waals surface area contributed by atoms with Crippen LogP contribution in [0.1, 0.15) is 24.2 Å². The molecule has 0 saturated carbocycles. The van der Waals surface area contributed by atoms with Crippen molar-refractivity contribution < 1.29 is 0 Å². The second-order valence-electron chi connectivity index (χ2n) is 4.13. The molecule has 4 nitrogen and oxygen atoms in total. The Morgan fingerprint density at radius 3 is 2.72 bits per heavy atom. The molecule has 18 heavy (non-hydrogen) atoms. The molecule has 3 aromatic rings. The highest BCUT2D eigenvalue weighted by Crippen LogP contribution is 2.22. The molecule has 1 aromatic carbocycles. The summed E-state index contributed by atoms with van der Waals surface area (Å²) in [6.07, 6.45) is 1.66. The molecule has 0 aliphatic carbocycles. The molecule has 0 saturated heterocycles. The van der Waals surface area contributed by atoms with Crippen molar-refractivity contribution >= 4 is 17.2 Å². The van der Waals surface area contributed by atoms with Gasteiger partial charge in [-0.15, -0.1) is 10.2 Å². The van der Waals surface area contributed by atoms with E-state index in [-0.39, 0.29) is 5.92 Å². The van der Waals surface area contributed by atoms with Crippen LogP contribution >= 0.6 is 11.6 Å². The van der Waals surface area contributed by atoms with Crippen molar-refractivity contribution in [2.24, 2.45) is 0 Å². The zero-order valence-electron chi connectivity index (χ0n) is 9.79. The van der Waals surface area contributed by atoms with Crippen molar-refractivity contribution in [3.63, 3.8) is 0 Å². The van der Waals surface area contributed by atoms with E-state index < -0.39 is 0 Å². The topological polar surface area (TPSA) is 43.1 Å². The van der Waals surface area contributed by atoms with E-state index in [1.54, 1.807) is 12.4 Å². The number of halogens is 1. The van der Waals surface area contributed by atoms with Gasteiger partial charge in [0.25, 0.3) is 0 Å². The van der Waals surface area contributed by atoms with Gasteiger partial charge in [-0.1, -0.05) is 48.9 Å². The predicted octanol–water partition coefficient (Wildman–Crippen LogP) is 2.93. The van der Waals surface area contributed by atoms with E-state index in [9.17, 15) is 0 Å². The van der Waals surface area contributed by atoms with Crippen molar-refractivity contribution in [2.45, 2.75) is 12.8 Å². The average molecular weight is 259 g/mol. The highest BCUT2D eigenvalue weighted by Gasteiger charge is 2.15. The summed E-state index contributed by atoms with van der Waals surface area (Å²) >= 11 is 5.83. The van der Waals surface area contributed by atoms with E-state index in [1.807, 2.05) is 22.6 Å². The third kappa shape index (κ3) is 1.84. The van der Waals surface area contributed by atoms with Gasteiger partial charge in [0.1, 0.15) is 17.3 Å². The Kier molecular flexibility index (Phi) is 2.72. The van der Waals surface area contributed by atoms with Crippen LogP contribution in [0.4, 0.5) is 0 Å². The Morgan fingerprint density at radius 2 is 1.94 bits per heavy atom. The first-order valence-corrected chi connectivity index (χ1v) is 6.04. The van der Waals surface area contributed by atoms with E-state index in [2.05, 4.69) is 34.2 Å². The molecule has 2 heterocycles. The van der Waals surface area contributed by atoms with Crippen LogP contribution in [0, 0.1) is 0 Å². The highest BCUT2D eigenvalue weighted by molar-refractivity contribution is 6.29. The highest BCUT2D eigenvalue weighted by atomic mass is 35.5. The van der Waals surface area contributed by atoms with Crippen molar-refractivity contribution in [3.8, 4) is 0 Å². The lowest BCUT2D eigenvalue weighted by Crippen LogP contribution is -2.02. The Bertz CT molecular complexity index is 678. The quantitative estimate of drug-likeness (QED) is 0.664. The van der Waals surface area contributed by atoms with Gasteiger partial charge in [-0.2, -0.15) is 0 Å². The Balaban J connectivity index is 2.10. The molecule has 0 amide bonds. The zero-order chi connectivity index (χ0) is 12.5. The summed E-state index contributed by atoms with van der Waals surface area (Å²) in [7, 11) is 0. The molecule has 0 radical (unpaired) electrons. The zero-order valence-corrected chi connectivity index (χ0v) is 10.5. The van der Waals surface area contributed by atoms with Gasteiger partial charge in [0.2, 0.25) is 0 Å². The fourth-order valence-electron chi connectivity index (χ4n) is 1.98. The standard InChI is InChI=1S/C13H11ClN4/c1-9(10-5-3-2-4-6-10)13-17-16-12-7-11(14)15-8-18(12)13/h2-9H,1H3. The van der Waals surface area contributed by atoms with Crippen molar-refractivity contribution in [1.82, 2.24) is 19.6 Å². The molecule has 0 aliphatic heterocycles. The fourth-order valence-corrected chi connectivity index (χ4v) is 2.12. The number of aromatic nitrogens is 4. The summed E-state index contributed by atoms with van der Waals surface area (Å²) in [6, 6.07) is 11.9. The maximum Gasteiger partial charge on any atom is 0.165 e. The third-order valence-electron chi connectivity index (χ3n) is 2.98. The summed E-state index contributed by atoms with van der Waals surface area (Å²) in [5.74, 6) is 1.02. The van der Waals surface area contributed by atoms with Crippen molar-refractivity contribution in [1.29, 1.82) is 0 Å². The smallest absolute Gasteiger partial charge is 0.165 e. The maximum absolute atomic E-state index is 5.83. The van der Waals surface area contributed by atoms with Gasteiger partial charge >= 0.3 is 0 Å². The van der Waals surface area contributed by atoms with Crippen LogP contribution in [0.25, 0.3) is 5.65 Å². The first kappa shape index (κ1) is 11.2. The van der Waals surface area contributed by atoms with Crippen molar-refractivity contribution in [3.05, 3.63) is 59.3 Å². The first-order chi connectivity index (χ1) is 8.75. The minimum atomic E-state index is 0.157. The molecule has 0 fully saturated rings. The van der Waals surface area contributed by atoms with E-state index >= 15 is 0 Å². The van der Waals surface area contributed by atoms with Crippen LogP contribution in [0.5, 0.6) is 0 Å². The second-order valence-corrected chi connectivity index (χ2v) is 4.52. The second kappa shape index (κ2) is 4.38. The fraction of sp³-hybridized carbons (Fsp3) is 0.154. The molecule has 90 valence electrons. The Hall–Kier alpha value is -1.94. The van der Waals surface area contributed by atoms with Gasteiger partial charge in [0.15, 0.2) is 5.65 Å². The number of nitrogens with zero attached hydrogens (tertiary/aromatic N) is 4. The lowest BCUT2D eigenvalue weighted by molar-refractivity contribution is 0.792. The summed E-state index contributed by atoms with van der Waals surface area (Å²) in [5, 5.41) is 8.77. The van der Waals surface area contributed by atoms with E-state index in [1.165, 1.54) is 5.56 Å². The summed E-state index contributed by atoms with van der Waals surface area (Å²) in [6.45, 7) is 2.10. The van der Waals surface area contributed by atoms with Gasteiger partial charge in [-0.3, -0.25) is 4.40 Å². The van der Waals surface area contributed by atoms with Gasteiger partial charge < -0.3 is 0 Å². The molecule has 0 spiro atoms. The number of hydrogen-bond acceptors (Lipinski definition) is 3. The van der Waals surface area contributed by atoms with Gasteiger partial charge in [0, 0.05) is 12.0 Å². The van der Waals surface area contributed by atoms with E-state index in [0.717, 1.165) is 5.82 Å². The lowest BCUT2D eigenvalue weighted by Gasteiger charge is -2.09. The van der Waals surface area contributed by atoms with E-state index in [4.69, 9.17) is 11.6 Å². The SMILES string of the molecule is CC(c1ccccc1)c1nnc2cc(Cl)ncn12. The largest absolute Gasteiger partial charge is 0.269 e. The Labute approximate surface area is 109 Å². The molecule has 5 heteroatoms. The summed E-state index contributed by atoms with van der Waals surface area (Å²) in [5.41, 5.74) is 1.91. The number of rotatable bonds is 2. The number of benzene rings is 1. The van der Waals surface area contributed by atoms with Crippen LogP contribution in [0.2, 0.25) is 5.15 Å².